The highest BCUT2D eigenvalue weighted by atomic mass is 16.1. The highest BCUT2D eigenvalue weighted by Crippen LogP contribution is 2.30. The van der Waals surface area contributed by atoms with Crippen LogP contribution in [0.4, 0.5) is 0 Å². The van der Waals surface area contributed by atoms with Crippen molar-refractivity contribution in [3.8, 4) is 0 Å². The molecule has 21 heavy (non-hydrogen) atoms. The Kier molecular flexibility index (Phi) is 4.16. The van der Waals surface area contributed by atoms with Gasteiger partial charge in [-0.3, -0.25) is 4.79 Å². The molecule has 2 N–H and O–H groups in total. The first-order valence-corrected chi connectivity index (χ1v) is 7.77. The number of carbonyl (C=O) groups is 1. The summed E-state index contributed by atoms with van der Waals surface area (Å²) in [5, 5.41) is 2.39. The minimum Gasteiger partial charge on any atom is -0.333 e. The fraction of sp³-hybridized carbons (Fsp3) is 0.316. The second-order valence-corrected chi connectivity index (χ2v) is 5.83. The molecule has 3 rings (SSSR count). The molecule has 3 atom stereocenters. The van der Waals surface area contributed by atoms with Gasteiger partial charge in [0.25, 0.3) is 0 Å². The third-order valence-corrected chi connectivity index (χ3v) is 4.56. The summed E-state index contributed by atoms with van der Waals surface area (Å²) in [7, 11) is 0. The molecule has 0 amide bonds. The van der Waals surface area contributed by atoms with E-state index in [9.17, 15) is 4.79 Å². The number of piperidine rings is 1. The lowest BCUT2D eigenvalue weighted by Gasteiger charge is -2.33. The van der Waals surface area contributed by atoms with Crippen LogP contribution in [0.3, 0.4) is 0 Å². The third-order valence-electron chi connectivity index (χ3n) is 4.56. The highest BCUT2D eigenvalue weighted by Gasteiger charge is 2.39. The predicted molar refractivity (Wildman–Crippen MR) is 83.7 cm³/mol. The Balaban J connectivity index is 1.91. The van der Waals surface area contributed by atoms with Crippen molar-refractivity contribution in [2.45, 2.75) is 31.8 Å². The second kappa shape index (κ2) is 6.23. The fourth-order valence-electron chi connectivity index (χ4n) is 3.45. The van der Waals surface area contributed by atoms with E-state index in [4.69, 9.17) is 0 Å². The number of hydrogen-bond donors (Lipinski definition) is 1. The first-order valence-electron chi connectivity index (χ1n) is 7.77. The van der Waals surface area contributed by atoms with Gasteiger partial charge in [0.05, 0.1) is 12.3 Å². The Morgan fingerprint density at radius 3 is 2.10 bits per heavy atom. The predicted octanol–water partition coefficient (Wildman–Crippen LogP) is 3.03. The molecule has 1 heterocycles. The van der Waals surface area contributed by atoms with Gasteiger partial charge < -0.3 is 5.32 Å². The van der Waals surface area contributed by atoms with Crippen LogP contribution in [0.1, 0.15) is 43.0 Å². The molecule has 0 radical (unpaired) electrons. The molecule has 1 fully saturated rings. The van der Waals surface area contributed by atoms with E-state index in [1.165, 1.54) is 11.1 Å². The minimum absolute atomic E-state index is 0.132. The van der Waals surface area contributed by atoms with E-state index >= 15 is 0 Å². The van der Waals surface area contributed by atoms with E-state index in [2.05, 4.69) is 60.8 Å². The van der Waals surface area contributed by atoms with Gasteiger partial charge in [0.15, 0.2) is 0 Å². The van der Waals surface area contributed by atoms with Crippen LogP contribution in [0.15, 0.2) is 60.7 Å². The monoisotopic (exact) mass is 280 g/mol. The Hall–Kier alpha value is -1.93. The largest absolute Gasteiger partial charge is 0.333 e. The molecule has 2 aromatic carbocycles. The zero-order valence-electron chi connectivity index (χ0n) is 12.4. The van der Waals surface area contributed by atoms with Crippen molar-refractivity contribution < 1.29 is 10.1 Å². The van der Waals surface area contributed by atoms with Gasteiger partial charge >= 0.3 is 0 Å². The zero-order valence-corrected chi connectivity index (χ0v) is 12.4. The molecule has 0 bridgehead atoms. The smallest absolute Gasteiger partial charge is 0.148 e. The third kappa shape index (κ3) is 2.91. The summed E-state index contributed by atoms with van der Waals surface area (Å²) in [6, 6.07) is 21.3. The minimum atomic E-state index is 0.132. The van der Waals surface area contributed by atoms with E-state index in [0.29, 0.717) is 12.2 Å². The maximum Gasteiger partial charge on any atom is 0.148 e. The van der Waals surface area contributed by atoms with Gasteiger partial charge in [-0.15, -0.1) is 0 Å². The average molecular weight is 280 g/mol. The van der Waals surface area contributed by atoms with Crippen molar-refractivity contribution in [1.29, 1.82) is 0 Å². The van der Waals surface area contributed by atoms with Crippen molar-refractivity contribution in [2.24, 2.45) is 5.92 Å². The molecule has 2 nitrogen and oxygen atoms in total. The highest BCUT2D eigenvalue weighted by molar-refractivity contribution is 5.82. The molecule has 0 unspecified atom stereocenters. The Labute approximate surface area is 126 Å². The van der Waals surface area contributed by atoms with Crippen LogP contribution in [0.2, 0.25) is 0 Å². The summed E-state index contributed by atoms with van der Waals surface area (Å²) in [6.07, 6.45) is 1.56. The Bertz CT molecular complexity index is 593. The van der Waals surface area contributed by atoms with Crippen LogP contribution >= 0.6 is 0 Å². The second-order valence-electron chi connectivity index (χ2n) is 5.83. The van der Waals surface area contributed by atoms with Gasteiger partial charge in [0.2, 0.25) is 0 Å². The van der Waals surface area contributed by atoms with E-state index < -0.39 is 0 Å². The van der Waals surface area contributed by atoms with Crippen molar-refractivity contribution in [1.82, 2.24) is 0 Å². The van der Waals surface area contributed by atoms with Gasteiger partial charge in [0.1, 0.15) is 17.9 Å². The molecule has 0 spiro atoms. The van der Waals surface area contributed by atoms with E-state index in [1.54, 1.807) is 0 Å². The van der Waals surface area contributed by atoms with Crippen molar-refractivity contribution >= 4 is 5.78 Å². The molecule has 2 aromatic rings. The summed E-state index contributed by atoms with van der Waals surface area (Å²) < 4.78 is 0. The number of quaternary nitrogens is 1. The molecule has 0 saturated carbocycles. The first kappa shape index (κ1) is 14.0. The quantitative estimate of drug-likeness (QED) is 0.921. The summed E-state index contributed by atoms with van der Waals surface area (Å²) in [6.45, 7) is 2.12. The van der Waals surface area contributed by atoms with Gasteiger partial charge in [-0.1, -0.05) is 67.6 Å². The molecule has 1 aliphatic heterocycles. The number of carbonyl (C=O) groups excluding carboxylic acids is 1. The molecule has 108 valence electrons. The SMILES string of the molecule is CC[C@@H]1C(=O)C[C@@H](c2ccccc2)[NH2+][C@H]1c1ccccc1. The van der Waals surface area contributed by atoms with Gasteiger partial charge in [-0.2, -0.15) is 0 Å². The standard InChI is InChI=1S/C19H21NO/c1-2-16-18(21)13-17(14-9-5-3-6-10-14)20-19(16)15-11-7-4-8-12-15/h3-12,16-17,19-20H,2,13H2,1H3/p+1/t16-,17+,19+/m1/s1. The number of nitrogens with two attached hydrogens (primary N) is 1. The number of ketones is 1. The lowest BCUT2D eigenvalue weighted by Crippen LogP contribution is -2.90. The fourth-order valence-corrected chi connectivity index (χ4v) is 3.45. The van der Waals surface area contributed by atoms with Gasteiger partial charge in [0, 0.05) is 11.1 Å². The maximum absolute atomic E-state index is 12.6. The molecular formula is C19H22NO+. The summed E-state index contributed by atoms with van der Waals surface area (Å²) in [5.74, 6) is 0.537. The Morgan fingerprint density at radius 1 is 0.952 bits per heavy atom. The molecule has 0 aromatic heterocycles. The first-order chi connectivity index (χ1) is 10.3. The maximum atomic E-state index is 12.6. The number of Topliss-reactive ketones (excluding diaryl/α,β-unsaturated/α-hetero) is 1. The van der Waals surface area contributed by atoms with Crippen LogP contribution < -0.4 is 5.32 Å². The van der Waals surface area contributed by atoms with Crippen LogP contribution in [0.25, 0.3) is 0 Å². The number of hydrogen-bond acceptors (Lipinski definition) is 1. The Morgan fingerprint density at radius 2 is 1.52 bits per heavy atom. The zero-order chi connectivity index (χ0) is 14.7. The molecule has 2 heteroatoms. The van der Waals surface area contributed by atoms with Crippen molar-refractivity contribution in [2.75, 3.05) is 0 Å². The lowest BCUT2D eigenvalue weighted by atomic mass is 9.79. The van der Waals surface area contributed by atoms with Crippen LogP contribution in [-0.2, 0) is 4.79 Å². The van der Waals surface area contributed by atoms with E-state index in [-0.39, 0.29) is 18.0 Å². The van der Waals surface area contributed by atoms with Crippen LogP contribution in [0, 0.1) is 5.92 Å². The van der Waals surface area contributed by atoms with Crippen molar-refractivity contribution in [3.63, 3.8) is 0 Å². The number of rotatable bonds is 3. The normalized spacial score (nSPS) is 25.8. The van der Waals surface area contributed by atoms with E-state index in [1.807, 2.05) is 12.1 Å². The molecular weight excluding hydrogens is 258 g/mol. The van der Waals surface area contributed by atoms with Gasteiger partial charge in [-0.05, 0) is 6.42 Å². The summed E-state index contributed by atoms with van der Waals surface area (Å²) >= 11 is 0. The van der Waals surface area contributed by atoms with Crippen LogP contribution in [-0.4, -0.2) is 5.78 Å². The molecule has 1 aliphatic rings. The average Bonchev–Trinajstić information content (AvgIpc) is 2.55. The molecule has 0 aliphatic carbocycles. The topological polar surface area (TPSA) is 33.7 Å². The molecule has 1 saturated heterocycles. The summed E-state index contributed by atoms with van der Waals surface area (Å²) in [5.41, 5.74) is 2.51. The van der Waals surface area contributed by atoms with E-state index in [0.717, 1.165) is 6.42 Å². The summed E-state index contributed by atoms with van der Waals surface area (Å²) in [4.78, 5) is 12.6. The number of benzene rings is 2. The lowest BCUT2D eigenvalue weighted by molar-refractivity contribution is -0.743. The van der Waals surface area contributed by atoms with Crippen molar-refractivity contribution in [3.05, 3.63) is 71.8 Å². The van der Waals surface area contributed by atoms with Gasteiger partial charge in [-0.25, -0.2) is 0 Å². The van der Waals surface area contributed by atoms with Crippen LogP contribution in [0.5, 0.6) is 0 Å².